The van der Waals surface area contributed by atoms with Crippen LogP contribution in [0.25, 0.3) is 0 Å². The molecule has 0 aliphatic rings. The molecule has 1 aromatic carbocycles. The Morgan fingerprint density at radius 3 is 1.88 bits per heavy atom. The van der Waals surface area contributed by atoms with Gasteiger partial charge in [0.05, 0.1) is 13.2 Å². The molecule has 0 bridgehead atoms. The van der Waals surface area contributed by atoms with Gasteiger partial charge in [-0.05, 0) is 17.4 Å². The van der Waals surface area contributed by atoms with Crippen LogP contribution < -0.4 is 18.1 Å². The van der Waals surface area contributed by atoms with Crippen LogP contribution >= 0.6 is 0 Å². The standard InChI is InChI=1S/C18H27NO4.ClH/c1-12(2)10-22-17(20)15(14-8-6-5-7-9-14)16(19)18(21)23-11-13(3)4;/h5-9,12-13,15-16H,10-11,19H2,1-4H3;1H. The molecule has 0 aliphatic carbocycles. The Labute approximate surface area is 151 Å². The molecule has 136 valence electrons. The summed E-state index contributed by atoms with van der Waals surface area (Å²) in [6, 6.07) is 7.86. The largest absolute Gasteiger partial charge is 1.00 e. The van der Waals surface area contributed by atoms with E-state index in [1.165, 1.54) is 0 Å². The summed E-state index contributed by atoms with van der Waals surface area (Å²) in [5.41, 5.74) is 6.66. The maximum Gasteiger partial charge on any atom is 1.00 e. The molecule has 0 fully saturated rings. The van der Waals surface area contributed by atoms with Gasteiger partial charge in [0, 0.05) is 0 Å². The van der Waals surface area contributed by atoms with Gasteiger partial charge in [0.25, 0.3) is 0 Å². The minimum Gasteiger partial charge on any atom is -1.00 e. The Hall–Kier alpha value is -1.59. The maximum absolute atomic E-state index is 12.4. The zero-order valence-electron chi connectivity index (χ0n) is 15.7. The topological polar surface area (TPSA) is 78.6 Å². The van der Waals surface area contributed by atoms with E-state index in [1.54, 1.807) is 24.3 Å². The third-order valence-corrected chi connectivity index (χ3v) is 3.16. The average Bonchev–Trinajstić information content (AvgIpc) is 2.51. The first kappa shape index (κ1) is 22.4. The molecule has 6 heteroatoms. The summed E-state index contributed by atoms with van der Waals surface area (Å²) < 4.78 is 10.5. The molecule has 2 unspecified atom stereocenters. The third-order valence-electron chi connectivity index (χ3n) is 3.16. The highest BCUT2D eigenvalue weighted by atomic mass is 35.5. The molecule has 24 heavy (non-hydrogen) atoms. The summed E-state index contributed by atoms with van der Waals surface area (Å²) in [5, 5.41) is 0. The molecule has 0 heterocycles. The van der Waals surface area contributed by atoms with E-state index in [9.17, 15) is 9.59 Å². The molecular formula is C18H28ClNO4. The second-order valence-corrected chi connectivity index (χ2v) is 6.46. The summed E-state index contributed by atoms with van der Waals surface area (Å²) in [6.07, 6.45) is 0. The van der Waals surface area contributed by atoms with Gasteiger partial charge in [0.1, 0.15) is 12.0 Å². The fourth-order valence-electron chi connectivity index (χ4n) is 1.97. The SMILES string of the molecule is CC(C)COC(=O)C(N)C(C(=O)OCC(C)C)c1ccccc1.[Cl-].[H+]. The predicted molar refractivity (Wildman–Crippen MR) is 89.9 cm³/mol. The summed E-state index contributed by atoms with van der Waals surface area (Å²) in [5.74, 6) is -1.55. The summed E-state index contributed by atoms with van der Waals surface area (Å²) in [7, 11) is 0. The van der Waals surface area contributed by atoms with Gasteiger partial charge in [-0.3, -0.25) is 9.59 Å². The van der Waals surface area contributed by atoms with Crippen molar-refractivity contribution in [2.24, 2.45) is 17.6 Å². The second kappa shape index (κ2) is 11.0. The van der Waals surface area contributed by atoms with Crippen molar-refractivity contribution in [3.63, 3.8) is 0 Å². The van der Waals surface area contributed by atoms with Crippen molar-refractivity contribution in [3.05, 3.63) is 35.9 Å². The number of rotatable bonds is 8. The summed E-state index contributed by atoms with van der Waals surface area (Å²) in [6.45, 7) is 8.32. The number of halogens is 1. The first-order valence-corrected chi connectivity index (χ1v) is 7.96. The van der Waals surface area contributed by atoms with Crippen molar-refractivity contribution in [1.29, 1.82) is 0 Å². The fourth-order valence-corrected chi connectivity index (χ4v) is 1.97. The number of ether oxygens (including phenoxy) is 2. The third kappa shape index (κ3) is 7.32. The average molecular weight is 358 g/mol. The van der Waals surface area contributed by atoms with E-state index >= 15 is 0 Å². The molecule has 0 spiro atoms. The Balaban J connectivity index is 0. The van der Waals surface area contributed by atoms with Crippen molar-refractivity contribution in [2.45, 2.75) is 39.7 Å². The highest BCUT2D eigenvalue weighted by molar-refractivity contribution is 5.88. The number of carbonyl (C=O) groups is 2. The van der Waals surface area contributed by atoms with E-state index in [4.69, 9.17) is 15.2 Å². The van der Waals surface area contributed by atoms with Crippen LogP contribution in [0.15, 0.2) is 30.3 Å². The van der Waals surface area contributed by atoms with Gasteiger partial charge in [0.15, 0.2) is 0 Å². The lowest BCUT2D eigenvalue weighted by atomic mass is 9.92. The number of nitrogens with two attached hydrogens (primary N) is 1. The van der Waals surface area contributed by atoms with Crippen LogP contribution in [0.5, 0.6) is 0 Å². The van der Waals surface area contributed by atoms with Crippen LogP contribution in [0.2, 0.25) is 0 Å². The highest BCUT2D eigenvalue weighted by Gasteiger charge is 2.34. The van der Waals surface area contributed by atoms with Crippen molar-refractivity contribution >= 4 is 11.9 Å². The highest BCUT2D eigenvalue weighted by Crippen LogP contribution is 2.22. The van der Waals surface area contributed by atoms with E-state index < -0.39 is 23.9 Å². The number of esters is 2. The van der Waals surface area contributed by atoms with Crippen molar-refractivity contribution < 1.29 is 32.9 Å². The molecule has 0 saturated carbocycles. The van der Waals surface area contributed by atoms with Crippen LogP contribution in [0.1, 0.15) is 40.6 Å². The first-order chi connectivity index (χ1) is 10.8. The smallest absolute Gasteiger partial charge is 1.00 e. The molecule has 0 aromatic heterocycles. The second-order valence-electron chi connectivity index (χ2n) is 6.46. The minimum absolute atomic E-state index is 0. The van der Waals surface area contributed by atoms with Crippen LogP contribution in [-0.2, 0) is 19.1 Å². The summed E-state index contributed by atoms with van der Waals surface area (Å²) >= 11 is 0. The van der Waals surface area contributed by atoms with E-state index in [2.05, 4.69) is 0 Å². The Morgan fingerprint density at radius 2 is 1.42 bits per heavy atom. The van der Waals surface area contributed by atoms with E-state index in [-0.39, 0.29) is 38.9 Å². The molecule has 1 aromatic rings. The van der Waals surface area contributed by atoms with E-state index in [0.29, 0.717) is 5.56 Å². The van der Waals surface area contributed by atoms with Gasteiger partial charge in [0.2, 0.25) is 0 Å². The molecule has 1 rings (SSSR count). The van der Waals surface area contributed by atoms with Gasteiger partial charge in [-0.1, -0.05) is 58.0 Å². The van der Waals surface area contributed by atoms with Crippen molar-refractivity contribution in [2.75, 3.05) is 13.2 Å². The van der Waals surface area contributed by atoms with Crippen LogP contribution in [0, 0.1) is 11.8 Å². The number of hydrogen-bond acceptors (Lipinski definition) is 5. The minimum atomic E-state index is -1.09. The predicted octanol–water partition coefficient (Wildman–Crippen LogP) is -0.388. The molecule has 2 atom stereocenters. The quantitative estimate of drug-likeness (QED) is 0.641. The lowest BCUT2D eigenvalue weighted by molar-refractivity contribution is -0.154. The van der Waals surface area contributed by atoms with Gasteiger partial charge >= 0.3 is 13.4 Å². The van der Waals surface area contributed by atoms with Crippen LogP contribution in [-0.4, -0.2) is 31.2 Å². The number of carbonyl (C=O) groups excluding carboxylic acids is 2. The lowest BCUT2D eigenvalue weighted by Crippen LogP contribution is -3.00. The zero-order chi connectivity index (χ0) is 17.4. The molecule has 2 N–H and O–H groups in total. The lowest BCUT2D eigenvalue weighted by Gasteiger charge is -2.22. The molecule has 0 radical (unpaired) electrons. The van der Waals surface area contributed by atoms with E-state index in [0.717, 1.165) is 0 Å². The molecule has 0 aliphatic heterocycles. The summed E-state index contributed by atoms with van der Waals surface area (Å²) in [4.78, 5) is 24.6. The Morgan fingerprint density at radius 1 is 0.958 bits per heavy atom. The Kier molecular flexibility index (Phi) is 10.3. The molecule has 0 saturated heterocycles. The van der Waals surface area contributed by atoms with Gasteiger partial charge in [-0.2, -0.15) is 0 Å². The first-order valence-electron chi connectivity index (χ1n) is 7.96. The van der Waals surface area contributed by atoms with Gasteiger partial charge in [-0.15, -0.1) is 0 Å². The normalized spacial score (nSPS) is 13.1. The van der Waals surface area contributed by atoms with Crippen molar-refractivity contribution in [3.8, 4) is 0 Å². The van der Waals surface area contributed by atoms with Crippen LogP contribution in [0.4, 0.5) is 0 Å². The molecular weight excluding hydrogens is 330 g/mol. The van der Waals surface area contributed by atoms with E-state index in [1.807, 2.05) is 33.8 Å². The zero-order valence-corrected chi connectivity index (χ0v) is 15.5. The fraction of sp³-hybridized carbons (Fsp3) is 0.556. The Bertz CT molecular complexity index is 511. The number of benzene rings is 1. The van der Waals surface area contributed by atoms with Crippen molar-refractivity contribution in [1.82, 2.24) is 0 Å². The monoisotopic (exact) mass is 357 g/mol. The van der Waals surface area contributed by atoms with Gasteiger partial charge in [-0.25, -0.2) is 0 Å². The molecule has 5 nitrogen and oxygen atoms in total. The number of hydrogen-bond donors (Lipinski definition) is 1. The maximum atomic E-state index is 12.4. The van der Waals surface area contributed by atoms with Gasteiger partial charge < -0.3 is 27.6 Å². The van der Waals surface area contributed by atoms with Crippen LogP contribution in [0.3, 0.4) is 0 Å². The molecule has 0 amide bonds.